The van der Waals surface area contributed by atoms with E-state index in [1.807, 2.05) is 13.8 Å². The van der Waals surface area contributed by atoms with E-state index < -0.39 is 9.05 Å². The van der Waals surface area contributed by atoms with Crippen molar-refractivity contribution < 1.29 is 13.2 Å². The molecule has 1 rings (SSSR count). The molecule has 78 valence electrons. The average Bonchev–Trinajstić information content (AvgIpc) is 2.07. The zero-order chi connectivity index (χ0) is 10.8. The largest absolute Gasteiger partial charge is 0.494 e. The van der Waals surface area contributed by atoms with Crippen molar-refractivity contribution in [2.24, 2.45) is 0 Å². The highest BCUT2D eigenvalue weighted by Gasteiger charge is 2.11. The first-order valence-corrected chi connectivity index (χ1v) is 6.44. The highest BCUT2D eigenvalue weighted by atomic mass is 35.7. The molecular formula is C9H11ClO3S. The van der Waals surface area contributed by atoms with Crippen LogP contribution >= 0.6 is 10.7 Å². The summed E-state index contributed by atoms with van der Waals surface area (Å²) in [6.07, 6.45) is 0. The molecule has 0 aliphatic heterocycles. The molecule has 0 saturated heterocycles. The summed E-state index contributed by atoms with van der Waals surface area (Å²) in [5.41, 5.74) is 0.885. The van der Waals surface area contributed by atoms with Crippen molar-refractivity contribution in [2.45, 2.75) is 18.7 Å². The van der Waals surface area contributed by atoms with Gasteiger partial charge in [0.2, 0.25) is 0 Å². The van der Waals surface area contributed by atoms with Gasteiger partial charge >= 0.3 is 0 Å². The second-order valence-electron chi connectivity index (χ2n) is 2.80. The Morgan fingerprint density at radius 1 is 1.43 bits per heavy atom. The van der Waals surface area contributed by atoms with E-state index in [1.54, 1.807) is 6.07 Å². The molecule has 5 heteroatoms. The van der Waals surface area contributed by atoms with Crippen molar-refractivity contribution in [1.29, 1.82) is 0 Å². The van der Waals surface area contributed by atoms with Gasteiger partial charge in [0.05, 0.1) is 11.5 Å². The standard InChI is InChI=1S/C9H11ClO3S/c1-3-13-9-6-8(14(10,11)12)5-4-7(9)2/h4-6H,3H2,1-2H3. The fraction of sp³-hybridized carbons (Fsp3) is 0.333. The van der Waals surface area contributed by atoms with Crippen LogP contribution in [0.25, 0.3) is 0 Å². The highest BCUT2D eigenvalue weighted by Crippen LogP contribution is 2.24. The lowest BCUT2D eigenvalue weighted by Crippen LogP contribution is -1.97. The molecule has 0 aliphatic rings. The van der Waals surface area contributed by atoms with Crippen LogP contribution in [0.2, 0.25) is 0 Å². The van der Waals surface area contributed by atoms with Crippen LogP contribution in [-0.2, 0) is 9.05 Å². The maximum atomic E-state index is 11.0. The first-order valence-electron chi connectivity index (χ1n) is 4.13. The minimum atomic E-state index is -3.67. The number of rotatable bonds is 3. The molecule has 1 aromatic carbocycles. The Balaban J connectivity index is 3.20. The molecule has 0 N–H and O–H groups in total. The van der Waals surface area contributed by atoms with Gasteiger partial charge in [-0.3, -0.25) is 0 Å². The van der Waals surface area contributed by atoms with Gasteiger partial charge in [-0.05, 0) is 25.5 Å². The number of ether oxygens (including phenoxy) is 1. The van der Waals surface area contributed by atoms with Gasteiger partial charge in [0.1, 0.15) is 5.75 Å². The first-order chi connectivity index (χ1) is 6.45. The number of benzene rings is 1. The molecule has 0 saturated carbocycles. The molecule has 0 fully saturated rings. The number of halogens is 1. The summed E-state index contributed by atoms with van der Waals surface area (Å²) in [5.74, 6) is 0.550. The van der Waals surface area contributed by atoms with Crippen LogP contribution in [0.4, 0.5) is 0 Å². The van der Waals surface area contributed by atoms with Crippen LogP contribution in [0.15, 0.2) is 23.1 Å². The van der Waals surface area contributed by atoms with Gasteiger partial charge in [-0.1, -0.05) is 6.07 Å². The Hall–Kier alpha value is -0.740. The molecule has 14 heavy (non-hydrogen) atoms. The Kier molecular flexibility index (Phi) is 3.39. The minimum absolute atomic E-state index is 0.0632. The summed E-state index contributed by atoms with van der Waals surface area (Å²) >= 11 is 0. The summed E-state index contributed by atoms with van der Waals surface area (Å²) in [6, 6.07) is 4.56. The summed E-state index contributed by atoms with van der Waals surface area (Å²) < 4.78 is 27.3. The van der Waals surface area contributed by atoms with Crippen molar-refractivity contribution >= 4 is 19.7 Å². The molecule has 1 aromatic rings. The Morgan fingerprint density at radius 3 is 2.57 bits per heavy atom. The third-order valence-corrected chi connectivity index (χ3v) is 3.09. The second-order valence-corrected chi connectivity index (χ2v) is 5.36. The third kappa shape index (κ3) is 2.62. The van der Waals surface area contributed by atoms with Crippen molar-refractivity contribution in [2.75, 3.05) is 6.61 Å². The zero-order valence-electron chi connectivity index (χ0n) is 7.95. The molecule has 0 aromatic heterocycles. The average molecular weight is 235 g/mol. The van der Waals surface area contributed by atoms with Crippen LogP contribution in [0.5, 0.6) is 5.75 Å². The SMILES string of the molecule is CCOc1cc(S(=O)(=O)Cl)ccc1C. The molecule has 0 spiro atoms. The predicted molar refractivity (Wildman–Crippen MR) is 55.4 cm³/mol. The Morgan fingerprint density at radius 2 is 2.07 bits per heavy atom. The van der Waals surface area contributed by atoms with E-state index in [4.69, 9.17) is 15.4 Å². The van der Waals surface area contributed by atoms with E-state index in [0.717, 1.165) is 5.56 Å². The van der Waals surface area contributed by atoms with Crippen LogP contribution in [0, 0.1) is 6.92 Å². The Labute approximate surface area is 88.1 Å². The molecule has 0 amide bonds. The molecule has 0 aliphatic carbocycles. The van der Waals surface area contributed by atoms with Gasteiger partial charge in [-0.2, -0.15) is 0 Å². The summed E-state index contributed by atoms with van der Waals surface area (Å²) in [6.45, 7) is 4.17. The van der Waals surface area contributed by atoms with E-state index in [1.165, 1.54) is 12.1 Å². The fourth-order valence-corrected chi connectivity index (χ4v) is 1.81. The monoisotopic (exact) mass is 234 g/mol. The quantitative estimate of drug-likeness (QED) is 0.754. The topological polar surface area (TPSA) is 43.4 Å². The predicted octanol–water partition coefficient (Wildman–Crippen LogP) is 2.32. The molecule has 0 radical (unpaired) electrons. The van der Waals surface area contributed by atoms with Gasteiger partial charge in [0.25, 0.3) is 9.05 Å². The van der Waals surface area contributed by atoms with Gasteiger partial charge in [-0.25, -0.2) is 8.42 Å². The van der Waals surface area contributed by atoms with E-state index in [0.29, 0.717) is 12.4 Å². The van der Waals surface area contributed by atoms with Crippen LogP contribution < -0.4 is 4.74 Å². The maximum absolute atomic E-state index is 11.0. The Bertz CT molecular complexity index is 426. The normalized spacial score (nSPS) is 11.4. The van der Waals surface area contributed by atoms with E-state index in [2.05, 4.69) is 0 Å². The number of hydrogen-bond donors (Lipinski definition) is 0. The molecule has 0 atom stereocenters. The van der Waals surface area contributed by atoms with E-state index in [9.17, 15) is 8.42 Å². The molecule has 0 bridgehead atoms. The molecule has 0 heterocycles. The van der Waals surface area contributed by atoms with Gasteiger partial charge in [-0.15, -0.1) is 0 Å². The van der Waals surface area contributed by atoms with Crippen molar-refractivity contribution in [3.05, 3.63) is 23.8 Å². The molecule has 3 nitrogen and oxygen atoms in total. The van der Waals surface area contributed by atoms with Gasteiger partial charge in [0.15, 0.2) is 0 Å². The lowest BCUT2D eigenvalue weighted by Gasteiger charge is -2.07. The van der Waals surface area contributed by atoms with Crippen molar-refractivity contribution in [3.63, 3.8) is 0 Å². The van der Waals surface area contributed by atoms with Gasteiger partial charge in [0, 0.05) is 16.7 Å². The van der Waals surface area contributed by atoms with Crippen LogP contribution in [-0.4, -0.2) is 15.0 Å². The summed E-state index contributed by atoms with van der Waals surface area (Å²) in [7, 11) is 1.53. The van der Waals surface area contributed by atoms with E-state index >= 15 is 0 Å². The molecular weight excluding hydrogens is 224 g/mol. The van der Waals surface area contributed by atoms with Crippen LogP contribution in [0.1, 0.15) is 12.5 Å². The maximum Gasteiger partial charge on any atom is 0.261 e. The number of hydrogen-bond acceptors (Lipinski definition) is 3. The van der Waals surface area contributed by atoms with Crippen molar-refractivity contribution in [1.82, 2.24) is 0 Å². The molecule has 0 unspecified atom stereocenters. The van der Waals surface area contributed by atoms with E-state index in [-0.39, 0.29) is 4.90 Å². The fourth-order valence-electron chi connectivity index (χ4n) is 1.04. The van der Waals surface area contributed by atoms with Gasteiger partial charge < -0.3 is 4.74 Å². The summed E-state index contributed by atoms with van der Waals surface area (Å²) in [4.78, 5) is 0.0632. The zero-order valence-corrected chi connectivity index (χ0v) is 9.52. The first kappa shape index (κ1) is 11.3. The smallest absolute Gasteiger partial charge is 0.261 e. The lowest BCUT2D eigenvalue weighted by molar-refractivity contribution is 0.337. The summed E-state index contributed by atoms with van der Waals surface area (Å²) in [5, 5.41) is 0. The minimum Gasteiger partial charge on any atom is -0.494 e. The lowest BCUT2D eigenvalue weighted by atomic mass is 10.2. The number of aryl methyl sites for hydroxylation is 1. The van der Waals surface area contributed by atoms with Crippen LogP contribution in [0.3, 0.4) is 0 Å². The highest BCUT2D eigenvalue weighted by molar-refractivity contribution is 8.13. The second kappa shape index (κ2) is 4.19. The third-order valence-electron chi connectivity index (χ3n) is 1.74. The van der Waals surface area contributed by atoms with Crippen molar-refractivity contribution in [3.8, 4) is 5.75 Å².